The molecule has 0 spiro atoms. The van der Waals surface area contributed by atoms with Crippen LogP contribution >= 0.6 is 0 Å². The number of carbonyl (C=O) groups excluding carboxylic acids is 4. The predicted molar refractivity (Wildman–Crippen MR) is 149 cm³/mol. The van der Waals surface area contributed by atoms with Crippen LogP contribution in [0.2, 0.25) is 0 Å². The zero-order valence-electron chi connectivity index (χ0n) is 23.0. The fourth-order valence-electron chi connectivity index (χ4n) is 4.67. The van der Waals surface area contributed by atoms with Gasteiger partial charge in [0, 0.05) is 26.2 Å². The Morgan fingerprint density at radius 3 is 1.95 bits per heavy atom. The van der Waals surface area contributed by atoms with Crippen molar-refractivity contribution in [2.75, 3.05) is 26.2 Å². The molecule has 4 unspecified atom stereocenters. The quantitative estimate of drug-likeness (QED) is 0.0514. The molecule has 2 aliphatic rings. The molecule has 2 rings (SSSR count). The van der Waals surface area contributed by atoms with Crippen molar-refractivity contribution in [2.45, 2.75) is 82.5 Å². The van der Waals surface area contributed by atoms with Gasteiger partial charge in [-0.05, 0) is 58.3 Å². The number of nitrogens with zero attached hydrogens (tertiary/aromatic N) is 4. The number of amides is 3. The van der Waals surface area contributed by atoms with E-state index in [9.17, 15) is 24.3 Å². The van der Waals surface area contributed by atoms with Gasteiger partial charge in [0.05, 0.1) is 6.04 Å². The molecule has 2 fully saturated rings. The third-order valence-electron chi connectivity index (χ3n) is 6.50. The van der Waals surface area contributed by atoms with Crippen molar-refractivity contribution in [3.8, 4) is 0 Å². The van der Waals surface area contributed by atoms with Gasteiger partial charge in [0.15, 0.2) is 11.9 Å². The van der Waals surface area contributed by atoms with Crippen molar-refractivity contribution in [3.63, 3.8) is 0 Å². The molecule has 0 bridgehead atoms. The van der Waals surface area contributed by atoms with E-state index in [2.05, 4.69) is 15.3 Å². The van der Waals surface area contributed by atoms with E-state index < -0.39 is 36.0 Å². The summed E-state index contributed by atoms with van der Waals surface area (Å²) in [5.41, 5.74) is 27.2. The summed E-state index contributed by atoms with van der Waals surface area (Å²) in [7, 11) is 0. The summed E-state index contributed by atoms with van der Waals surface area (Å²) >= 11 is 0. The summed E-state index contributed by atoms with van der Waals surface area (Å²) in [6, 6.07) is -3.45. The van der Waals surface area contributed by atoms with Gasteiger partial charge in [-0.15, -0.1) is 0 Å². The molecule has 16 heteroatoms. The molecule has 0 saturated carbocycles. The Kier molecular flexibility index (Phi) is 15.0. The topological polar surface area (TPSA) is 279 Å². The van der Waals surface area contributed by atoms with Crippen LogP contribution in [-0.4, -0.2) is 107 Å². The number of guanidine groups is 2. The molecular formula is C24H44N10O6. The van der Waals surface area contributed by atoms with Crippen LogP contribution in [0, 0.1) is 0 Å². The van der Waals surface area contributed by atoms with E-state index in [1.165, 1.54) is 16.7 Å². The molecule has 16 nitrogen and oxygen atoms in total. The zero-order valence-corrected chi connectivity index (χ0v) is 23.0. The molecule has 0 aromatic heterocycles. The largest absolute Gasteiger partial charge is 0.480 e. The van der Waals surface area contributed by atoms with Gasteiger partial charge in [-0.1, -0.05) is 0 Å². The maximum absolute atomic E-state index is 13.4. The molecule has 3 amide bonds. The first-order chi connectivity index (χ1) is 18.9. The highest BCUT2D eigenvalue weighted by Crippen LogP contribution is 2.26. The minimum Gasteiger partial charge on any atom is -0.480 e. The molecule has 2 aliphatic heterocycles. The lowest BCUT2D eigenvalue weighted by Gasteiger charge is -2.32. The minimum absolute atomic E-state index is 0.0325. The van der Waals surface area contributed by atoms with Gasteiger partial charge in [0.25, 0.3) is 0 Å². The molecule has 2 saturated heterocycles. The summed E-state index contributed by atoms with van der Waals surface area (Å²) < 4.78 is 0. The SMILES string of the molecule is CC=O.NC(N)=NCCCC(N)C(=O)N1CCCC1C(=O)N1CCCC1C(=O)NC(CCCN=C(N)N)C(=O)O. The lowest BCUT2D eigenvalue weighted by Crippen LogP contribution is -2.56. The molecule has 0 aliphatic carbocycles. The Hall–Kier alpha value is -3.95. The fourth-order valence-corrected chi connectivity index (χ4v) is 4.67. The number of aliphatic imine (C=N–C) groups is 2. The number of hydrogen-bond donors (Lipinski definition) is 7. The predicted octanol–water partition coefficient (Wildman–Crippen LogP) is -2.82. The standard InChI is InChI=1S/C22H40N10O5.C2H4O/c23-13(5-1-9-28-21(24)25)18(34)32-12-4-8-16(32)19(35)31-11-3-7-15(31)17(33)30-14(20(36)37)6-2-10-29-22(26)27;1-2-3/h13-16H,1-12,23H2,(H,30,33)(H,36,37)(H4,24,25,28)(H4,26,27,29);2H,1H3. The molecule has 12 N–H and O–H groups in total. The van der Waals surface area contributed by atoms with Crippen molar-refractivity contribution in [3.05, 3.63) is 0 Å². The molecule has 0 aromatic rings. The van der Waals surface area contributed by atoms with Gasteiger partial charge < -0.3 is 53.7 Å². The number of carboxylic acid groups (broad SMARTS) is 1. The number of aldehydes is 1. The Balaban J connectivity index is 0.00000254. The van der Waals surface area contributed by atoms with Gasteiger partial charge in [-0.3, -0.25) is 24.4 Å². The van der Waals surface area contributed by atoms with Crippen LogP contribution in [0.4, 0.5) is 0 Å². The second-order valence-electron chi connectivity index (χ2n) is 9.52. The van der Waals surface area contributed by atoms with E-state index >= 15 is 0 Å². The summed E-state index contributed by atoms with van der Waals surface area (Å²) in [6.07, 6.45) is 4.23. The number of likely N-dealkylation sites (tertiary alicyclic amines) is 2. The van der Waals surface area contributed by atoms with Gasteiger partial charge in [-0.2, -0.15) is 0 Å². The third kappa shape index (κ3) is 11.0. The van der Waals surface area contributed by atoms with Crippen molar-refractivity contribution in [1.29, 1.82) is 0 Å². The Labute approximate surface area is 233 Å². The van der Waals surface area contributed by atoms with Crippen molar-refractivity contribution >= 4 is 41.9 Å². The third-order valence-corrected chi connectivity index (χ3v) is 6.50. The Morgan fingerprint density at radius 2 is 1.43 bits per heavy atom. The number of carbonyl (C=O) groups is 5. The highest BCUT2D eigenvalue weighted by Gasteiger charge is 2.43. The molecule has 0 aromatic carbocycles. The van der Waals surface area contributed by atoms with Crippen LogP contribution in [0.5, 0.6) is 0 Å². The maximum Gasteiger partial charge on any atom is 0.326 e. The van der Waals surface area contributed by atoms with Crippen LogP contribution in [0.15, 0.2) is 9.98 Å². The van der Waals surface area contributed by atoms with E-state index in [1.54, 1.807) is 0 Å². The molecule has 0 radical (unpaired) electrons. The monoisotopic (exact) mass is 568 g/mol. The first-order valence-corrected chi connectivity index (χ1v) is 13.3. The van der Waals surface area contributed by atoms with Crippen LogP contribution in [0.25, 0.3) is 0 Å². The normalized spacial score (nSPS) is 19.4. The van der Waals surface area contributed by atoms with Gasteiger partial charge in [-0.25, -0.2) is 4.79 Å². The average molecular weight is 569 g/mol. The summed E-state index contributed by atoms with van der Waals surface area (Å²) in [5, 5.41) is 12.1. The van der Waals surface area contributed by atoms with Crippen molar-refractivity contribution in [2.24, 2.45) is 38.7 Å². The van der Waals surface area contributed by atoms with Gasteiger partial charge in [0.2, 0.25) is 17.7 Å². The number of carboxylic acids is 1. The average Bonchev–Trinajstić information content (AvgIpc) is 3.57. The van der Waals surface area contributed by atoms with Gasteiger partial charge >= 0.3 is 5.97 Å². The first kappa shape index (κ1) is 34.1. The van der Waals surface area contributed by atoms with E-state index in [0.717, 1.165) is 6.29 Å². The number of hydrogen-bond acceptors (Lipinski definition) is 8. The van der Waals surface area contributed by atoms with E-state index in [-0.39, 0.29) is 36.7 Å². The van der Waals surface area contributed by atoms with E-state index in [0.29, 0.717) is 64.6 Å². The van der Waals surface area contributed by atoms with Crippen molar-refractivity contribution in [1.82, 2.24) is 15.1 Å². The number of rotatable bonds is 13. The van der Waals surface area contributed by atoms with Crippen LogP contribution in [0.1, 0.15) is 58.3 Å². The van der Waals surface area contributed by atoms with Crippen LogP contribution < -0.4 is 34.0 Å². The number of aliphatic carboxylic acids is 1. The highest BCUT2D eigenvalue weighted by molar-refractivity contribution is 5.94. The Bertz CT molecular complexity index is 935. The molecule has 40 heavy (non-hydrogen) atoms. The maximum atomic E-state index is 13.4. The van der Waals surface area contributed by atoms with E-state index in [1.807, 2.05) is 0 Å². The highest BCUT2D eigenvalue weighted by atomic mass is 16.4. The minimum atomic E-state index is -1.18. The number of nitrogens with two attached hydrogens (primary N) is 5. The Morgan fingerprint density at radius 1 is 0.925 bits per heavy atom. The summed E-state index contributed by atoms with van der Waals surface area (Å²) in [5.74, 6) is -2.50. The molecule has 226 valence electrons. The lowest BCUT2D eigenvalue weighted by atomic mass is 10.1. The summed E-state index contributed by atoms with van der Waals surface area (Å²) in [4.78, 5) is 70.5. The zero-order chi connectivity index (χ0) is 30.2. The second-order valence-corrected chi connectivity index (χ2v) is 9.52. The van der Waals surface area contributed by atoms with E-state index in [4.69, 9.17) is 33.5 Å². The first-order valence-electron chi connectivity index (χ1n) is 13.3. The number of nitrogens with one attached hydrogen (secondary N) is 1. The lowest BCUT2D eigenvalue weighted by molar-refractivity contribution is -0.148. The summed E-state index contributed by atoms with van der Waals surface area (Å²) in [6.45, 7) is 2.78. The second kappa shape index (κ2) is 17.6. The van der Waals surface area contributed by atoms with Crippen molar-refractivity contribution < 1.29 is 29.1 Å². The fraction of sp³-hybridized carbons (Fsp3) is 0.708. The molecule has 2 heterocycles. The smallest absolute Gasteiger partial charge is 0.326 e. The van der Waals surface area contributed by atoms with Crippen LogP contribution in [-0.2, 0) is 24.0 Å². The molecule has 4 atom stereocenters. The van der Waals surface area contributed by atoms with Crippen LogP contribution in [0.3, 0.4) is 0 Å². The molecular weight excluding hydrogens is 524 g/mol. The van der Waals surface area contributed by atoms with Gasteiger partial charge in [0.1, 0.15) is 24.4 Å².